The zero-order chi connectivity index (χ0) is 8.97. The molecule has 0 aliphatic rings. The molecule has 1 heterocycles. The highest BCUT2D eigenvalue weighted by Crippen LogP contribution is 2.08. The van der Waals surface area contributed by atoms with Crippen LogP contribution in [0.25, 0.3) is 0 Å². The van der Waals surface area contributed by atoms with Crippen LogP contribution in [0.1, 0.15) is 10.7 Å². The van der Waals surface area contributed by atoms with Gasteiger partial charge in [-0.1, -0.05) is 0 Å². The topological polar surface area (TPSA) is 51.2 Å². The normalized spacial score (nSPS) is 9.83. The number of rotatable bonds is 3. The van der Waals surface area contributed by atoms with Crippen molar-refractivity contribution < 1.29 is 9.63 Å². The Morgan fingerprint density at radius 2 is 2.58 bits per heavy atom. The first-order valence-corrected chi connectivity index (χ1v) is 4.33. The third-order valence-corrected chi connectivity index (χ3v) is 2.16. The number of carbonyl (C=O) groups is 1. The molecule has 0 saturated carbocycles. The molecule has 0 atom stereocenters. The van der Waals surface area contributed by atoms with E-state index >= 15 is 0 Å². The predicted molar refractivity (Wildman–Crippen MR) is 45.7 cm³/mol. The summed E-state index contributed by atoms with van der Waals surface area (Å²) in [7, 11) is 1.41. The summed E-state index contributed by atoms with van der Waals surface area (Å²) >= 11 is 1.48. The van der Waals surface area contributed by atoms with Crippen LogP contribution in [-0.4, -0.2) is 18.0 Å². The van der Waals surface area contributed by atoms with Crippen LogP contribution in [-0.2, 0) is 16.1 Å². The Bertz CT molecular complexity index is 272. The fourth-order valence-electron chi connectivity index (χ4n) is 0.771. The van der Waals surface area contributed by atoms with Crippen molar-refractivity contribution >= 4 is 17.2 Å². The molecule has 0 saturated heterocycles. The Morgan fingerprint density at radius 1 is 1.83 bits per heavy atom. The Labute approximate surface area is 74.5 Å². The molecule has 4 nitrogen and oxygen atoms in total. The van der Waals surface area contributed by atoms with E-state index in [1.165, 1.54) is 18.4 Å². The van der Waals surface area contributed by atoms with Crippen LogP contribution in [0.3, 0.4) is 0 Å². The molecule has 0 aromatic carbocycles. The lowest BCUT2D eigenvalue weighted by Gasteiger charge is -1.97. The molecule has 0 fully saturated rings. The van der Waals surface area contributed by atoms with Crippen LogP contribution in [0.5, 0.6) is 0 Å². The van der Waals surface area contributed by atoms with Crippen LogP contribution in [0.15, 0.2) is 5.38 Å². The Hall–Kier alpha value is -0.940. The number of aryl methyl sites for hydroxylation is 1. The molecule has 5 heteroatoms. The van der Waals surface area contributed by atoms with Crippen molar-refractivity contribution in [2.24, 2.45) is 0 Å². The Morgan fingerprint density at radius 3 is 3.08 bits per heavy atom. The molecular weight excluding hydrogens is 176 g/mol. The molecule has 1 N–H and O–H groups in total. The van der Waals surface area contributed by atoms with E-state index in [1.807, 2.05) is 12.3 Å². The molecule has 0 aliphatic carbocycles. The van der Waals surface area contributed by atoms with E-state index in [2.05, 4.69) is 15.3 Å². The number of hydroxylamine groups is 1. The van der Waals surface area contributed by atoms with E-state index in [0.29, 0.717) is 0 Å². The van der Waals surface area contributed by atoms with Gasteiger partial charge in [-0.15, -0.1) is 11.3 Å². The number of nitrogens with zero attached hydrogens (tertiary/aromatic N) is 1. The summed E-state index contributed by atoms with van der Waals surface area (Å²) in [5.74, 6) is -0.174. The lowest BCUT2D eigenvalue weighted by atomic mass is 10.4. The van der Waals surface area contributed by atoms with Crippen LogP contribution in [0.4, 0.5) is 0 Å². The van der Waals surface area contributed by atoms with Gasteiger partial charge >= 0.3 is 0 Å². The van der Waals surface area contributed by atoms with E-state index < -0.39 is 0 Å². The molecule has 0 aliphatic heterocycles. The molecule has 1 amide bonds. The summed E-state index contributed by atoms with van der Waals surface area (Å²) in [4.78, 5) is 19.5. The van der Waals surface area contributed by atoms with E-state index in [-0.39, 0.29) is 12.3 Å². The van der Waals surface area contributed by atoms with Gasteiger partial charge in [0.25, 0.3) is 0 Å². The quantitative estimate of drug-likeness (QED) is 0.706. The Kier molecular flexibility index (Phi) is 3.19. The van der Waals surface area contributed by atoms with Crippen molar-refractivity contribution in [3.05, 3.63) is 16.1 Å². The van der Waals surface area contributed by atoms with E-state index in [4.69, 9.17) is 0 Å². The smallest absolute Gasteiger partial charge is 0.250 e. The molecular formula is C7H10N2O2S. The SMILES string of the molecule is CONC(=O)Cc1nc(C)cs1. The van der Waals surface area contributed by atoms with Crippen LogP contribution >= 0.6 is 11.3 Å². The Balaban J connectivity index is 2.46. The van der Waals surface area contributed by atoms with Crippen molar-refractivity contribution in [3.8, 4) is 0 Å². The predicted octanol–water partition coefficient (Wildman–Crippen LogP) is 0.672. The largest absolute Gasteiger partial charge is 0.277 e. The summed E-state index contributed by atoms with van der Waals surface area (Å²) in [6, 6.07) is 0. The average molecular weight is 186 g/mol. The van der Waals surface area contributed by atoms with Gasteiger partial charge < -0.3 is 0 Å². The van der Waals surface area contributed by atoms with Gasteiger partial charge in [0.2, 0.25) is 5.91 Å². The van der Waals surface area contributed by atoms with Gasteiger partial charge in [-0.25, -0.2) is 10.5 Å². The molecule has 1 aromatic heterocycles. The number of nitrogens with one attached hydrogen (secondary N) is 1. The van der Waals surface area contributed by atoms with E-state index in [0.717, 1.165) is 10.7 Å². The van der Waals surface area contributed by atoms with Gasteiger partial charge in [0.1, 0.15) is 5.01 Å². The van der Waals surface area contributed by atoms with Crippen molar-refractivity contribution in [3.63, 3.8) is 0 Å². The van der Waals surface area contributed by atoms with E-state index in [9.17, 15) is 4.79 Å². The first-order valence-electron chi connectivity index (χ1n) is 3.45. The molecule has 0 spiro atoms. The molecule has 12 heavy (non-hydrogen) atoms. The summed E-state index contributed by atoms with van der Waals surface area (Å²) in [5.41, 5.74) is 3.18. The first kappa shape index (κ1) is 9.15. The molecule has 0 bridgehead atoms. The maximum atomic E-state index is 11.0. The maximum Gasteiger partial charge on any atom is 0.250 e. The van der Waals surface area contributed by atoms with Crippen LogP contribution < -0.4 is 5.48 Å². The highest BCUT2D eigenvalue weighted by molar-refractivity contribution is 7.09. The van der Waals surface area contributed by atoms with Crippen molar-refractivity contribution in [2.75, 3.05) is 7.11 Å². The van der Waals surface area contributed by atoms with Crippen LogP contribution in [0, 0.1) is 6.92 Å². The van der Waals surface area contributed by atoms with Gasteiger partial charge in [0.15, 0.2) is 0 Å². The van der Waals surface area contributed by atoms with Gasteiger partial charge in [-0.3, -0.25) is 9.63 Å². The highest BCUT2D eigenvalue weighted by atomic mass is 32.1. The summed E-state index contributed by atoms with van der Waals surface area (Å²) in [6.07, 6.45) is 0.284. The van der Waals surface area contributed by atoms with E-state index in [1.54, 1.807) is 0 Å². The van der Waals surface area contributed by atoms with Gasteiger partial charge in [-0.05, 0) is 6.92 Å². The minimum absolute atomic E-state index is 0.174. The third kappa shape index (κ3) is 2.60. The average Bonchev–Trinajstić information content (AvgIpc) is 2.36. The highest BCUT2D eigenvalue weighted by Gasteiger charge is 2.05. The van der Waals surface area contributed by atoms with Crippen molar-refractivity contribution in [2.45, 2.75) is 13.3 Å². The lowest BCUT2D eigenvalue weighted by Crippen LogP contribution is -2.23. The number of hydrogen-bond acceptors (Lipinski definition) is 4. The second-order valence-corrected chi connectivity index (χ2v) is 3.23. The minimum atomic E-state index is -0.174. The standard InChI is InChI=1S/C7H10N2O2S/c1-5-4-12-7(8-5)3-6(10)9-11-2/h4H,3H2,1-2H3,(H,9,10). The van der Waals surface area contributed by atoms with Crippen molar-refractivity contribution in [1.82, 2.24) is 10.5 Å². The first-order chi connectivity index (χ1) is 5.72. The number of aromatic nitrogens is 1. The zero-order valence-corrected chi connectivity index (χ0v) is 7.77. The monoisotopic (exact) mass is 186 g/mol. The molecule has 1 aromatic rings. The number of hydrogen-bond donors (Lipinski definition) is 1. The lowest BCUT2D eigenvalue weighted by molar-refractivity contribution is -0.130. The van der Waals surface area contributed by atoms with Crippen molar-refractivity contribution in [1.29, 1.82) is 0 Å². The number of carbonyl (C=O) groups excluding carboxylic acids is 1. The molecule has 1 rings (SSSR count). The van der Waals surface area contributed by atoms with Gasteiger partial charge in [0, 0.05) is 11.1 Å². The second kappa shape index (κ2) is 4.18. The zero-order valence-electron chi connectivity index (χ0n) is 6.96. The maximum absolute atomic E-state index is 11.0. The number of thiazole rings is 1. The van der Waals surface area contributed by atoms with Crippen LogP contribution in [0.2, 0.25) is 0 Å². The minimum Gasteiger partial charge on any atom is -0.277 e. The molecule has 66 valence electrons. The summed E-state index contributed by atoms with van der Waals surface area (Å²) < 4.78 is 0. The third-order valence-electron chi connectivity index (χ3n) is 1.19. The van der Waals surface area contributed by atoms with Gasteiger partial charge in [0.05, 0.1) is 13.5 Å². The van der Waals surface area contributed by atoms with Gasteiger partial charge in [-0.2, -0.15) is 0 Å². The fourth-order valence-corrected chi connectivity index (χ4v) is 1.54. The summed E-state index contributed by atoms with van der Waals surface area (Å²) in [5, 5.41) is 2.72. The second-order valence-electron chi connectivity index (χ2n) is 2.29. The fraction of sp³-hybridized carbons (Fsp3) is 0.429. The summed E-state index contributed by atoms with van der Waals surface area (Å²) in [6.45, 7) is 1.90. The number of amides is 1. The molecule has 0 unspecified atom stereocenters. The molecule has 0 radical (unpaired) electrons.